The molecule has 7 heteroatoms. The highest BCUT2D eigenvalue weighted by molar-refractivity contribution is 9.10. The summed E-state index contributed by atoms with van der Waals surface area (Å²) in [6.07, 6.45) is 0. The lowest BCUT2D eigenvalue weighted by Crippen LogP contribution is -2.18. The van der Waals surface area contributed by atoms with Crippen LogP contribution in [0.3, 0.4) is 0 Å². The molecule has 0 saturated heterocycles. The maximum absolute atomic E-state index is 12.9. The Morgan fingerprint density at radius 1 is 1.25 bits per heavy atom. The van der Waals surface area contributed by atoms with Gasteiger partial charge in [-0.1, -0.05) is 23.2 Å². The van der Waals surface area contributed by atoms with Crippen molar-refractivity contribution in [2.75, 3.05) is 5.32 Å². The number of anilines is 2. The second-order valence-electron chi connectivity index (χ2n) is 4.85. The third-order valence-corrected chi connectivity index (χ3v) is 4.42. The van der Waals surface area contributed by atoms with Gasteiger partial charge < -0.3 is 10.3 Å². The van der Waals surface area contributed by atoms with E-state index in [1.165, 1.54) is 13.0 Å². The molecular weight excluding hydrogens is 415 g/mol. The van der Waals surface area contributed by atoms with Crippen LogP contribution in [0.5, 0.6) is 0 Å². The van der Waals surface area contributed by atoms with Gasteiger partial charge in [0.1, 0.15) is 11.4 Å². The molecule has 0 saturated carbocycles. The Hall–Kier alpha value is -1.82. The summed E-state index contributed by atoms with van der Waals surface area (Å²) in [5, 5.41) is 2.61. The van der Waals surface area contributed by atoms with Gasteiger partial charge >= 0.3 is 0 Å². The van der Waals surface area contributed by atoms with Crippen LogP contribution in [0, 0.1) is 0 Å². The first-order chi connectivity index (χ1) is 13.1. The fourth-order valence-electron chi connectivity index (χ4n) is 2.24. The maximum Gasteiger partial charge on any atom is 0.203 e. The SMILES string of the molecule is [2H]c1c([2H])c(Nc2[nH]c3c(Br)ccc(Cl)c3c(=O)c2C(C)=O)c([2H])c([2H])c1Cl. The molecule has 2 N–H and O–H groups in total. The number of aromatic nitrogens is 1. The van der Waals surface area contributed by atoms with Crippen LogP contribution in [0.25, 0.3) is 10.9 Å². The van der Waals surface area contributed by atoms with Crippen molar-refractivity contribution in [1.82, 2.24) is 4.98 Å². The Morgan fingerprint density at radius 2 is 1.92 bits per heavy atom. The molecule has 4 nitrogen and oxygen atoms in total. The normalized spacial score (nSPS) is 13.2. The van der Waals surface area contributed by atoms with Crippen molar-refractivity contribution in [3.8, 4) is 0 Å². The molecule has 2 aromatic carbocycles. The van der Waals surface area contributed by atoms with Crippen LogP contribution < -0.4 is 10.7 Å². The van der Waals surface area contributed by atoms with Gasteiger partial charge in [0.15, 0.2) is 5.78 Å². The minimum absolute atomic E-state index is 0.0731. The molecule has 1 aromatic heterocycles. The van der Waals surface area contributed by atoms with Crippen LogP contribution in [0.15, 0.2) is 45.6 Å². The van der Waals surface area contributed by atoms with E-state index in [1.807, 2.05) is 0 Å². The lowest BCUT2D eigenvalue weighted by atomic mass is 10.1. The minimum atomic E-state index is -0.626. The van der Waals surface area contributed by atoms with Gasteiger partial charge in [0.25, 0.3) is 0 Å². The van der Waals surface area contributed by atoms with Gasteiger partial charge in [-0.3, -0.25) is 9.59 Å². The number of hydrogen-bond donors (Lipinski definition) is 2. The average molecular weight is 430 g/mol. The highest BCUT2D eigenvalue weighted by atomic mass is 79.9. The fraction of sp³-hybridized carbons (Fsp3) is 0.0588. The number of carbonyl (C=O) groups excluding carboxylic acids is 1. The molecule has 0 aliphatic rings. The molecule has 0 fully saturated rings. The third-order valence-electron chi connectivity index (χ3n) is 3.25. The standard InChI is InChI=1S/C17H11BrCl2N2O2/c1-8(23)13-16(24)14-12(20)7-6-11(18)15(14)22-17(13)21-10-4-2-9(19)3-5-10/h2-7H,1H3,(H2,21,22,24)/i2D,3D,4D,5D. The molecular formula is C17H11BrCl2N2O2. The number of fused-ring (bicyclic) bond motifs is 1. The van der Waals surface area contributed by atoms with Gasteiger partial charge in [0, 0.05) is 15.2 Å². The van der Waals surface area contributed by atoms with E-state index in [2.05, 4.69) is 26.2 Å². The van der Waals surface area contributed by atoms with Crippen molar-refractivity contribution >= 4 is 67.3 Å². The van der Waals surface area contributed by atoms with Crippen LogP contribution in [0.2, 0.25) is 10.0 Å². The van der Waals surface area contributed by atoms with Crippen molar-refractivity contribution in [2.45, 2.75) is 6.92 Å². The average Bonchev–Trinajstić information content (AvgIpc) is 2.64. The molecule has 0 aliphatic heterocycles. The minimum Gasteiger partial charge on any atom is -0.341 e. The fourth-order valence-corrected chi connectivity index (χ4v) is 3.00. The highest BCUT2D eigenvalue weighted by Crippen LogP contribution is 2.30. The first kappa shape index (κ1) is 12.5. The summed E-state index contributed by atoms with van der Waals surface area (Å²) in [7, 11) is 0. The zero-order valence-corrected chi connectivity index (χ0v) is 15.2. The summed E-state index contributed by atoms with van der Waals surface area (Å²) < 4.78 is 32.3. The van der Waals surface area contributed by atoms with Crippen molar-refractivity contribution in [2.24, 2.45) is 0 Å². The largest absolute Gasteiger partial charge is 0.341 e. The van der Waals surface area contributed by atoms with E-state index >= 15 is 0 Å². The van der Waals surface area contributed by atoms with E-state index in [1.54, 1.807) is 6.07 Å². The molecule has 0 unspecified atom stereocenters. The van der Waals surface area contributed by atoms with Crippen LogP contribution in [-0.4, -0.2) is 10.8 Å². The molecule has 0 radical (unpaired) electrons. The van der Waals surface area contributed by atoms with Crippen LogP contribution in [0.1, 0.15) is 22.8 Å². The monoisotopic (exact) mass is 428 g/mol. The van der Waals surface area contributed by atoms with E-state index in [0.717, 1.165) is 0 Å². The van der Waals surface area contributed by atoms with Gasteiger partial charge in [0.05, 0.1) is 21.4 Å². The lowest BCUT2D eigenvalue weighted by Gasteiger charge is -2.13. The topological polar surface area (TPSA) is 62.0 Å². The molecule has 0 amide bonds. The summed E-state index contributed by atoms with van der Waals surface area (Å²) >= 11 is 15.3. The van der Waals surface area contributed by atoms with Gasteiger partial charge in [-0.15, -0.1) is 0 Å². The number of halogens is 3. The Morgan fingerprint density at radius 3 is 2.54 bits per heavy atom. The first-order valence-electron chi connectivity index (χ1n) is 8.64. The second-order valence-corrected chi connectivity index (χ2v) is 6.49. The Kier molecular flexibility index (Phi) is 3.44. The zero-order chi connectivity index (χ0) is 20.9. The number of Topliss-reactive ketones (excluding diaryl/α,β-unsaturated/α-hetero) is 1. The number of rotatable bonds is 3. The van der Waals surface area contributed by atoms with Gasteiger partial charge in [0.2, 0.25) is 5.43 Å². The smallest absolute Gasteiger partial charge is 0.203 e. The summed E-state index contributed by atoms with van der Waals surface area (Å²) in [6.45, 7) is 1.20. The molecule has 0 aliphatic carbocycles. The second kappa shape index (κ2) is 6.59. The van der Waals surface area contributed by atoms with E-state index in [4.69, 9.17) is 28.7 Å². The van der Waals surface area contributed by atoms with E-state index in [9.17, 15) is 9.59 Å². The molecule has 0 bridgehead atoms. The van der Waals surface area contributed by atoms with Crippen LogP contribution >= 0.6 is 39.1 Å². The number of aromatic amines is 1. The van der Waals surface area contributed by atoms with Crippen LogP contribution in [0.4, 0.5) is 11.5 Å². The molecule has 122 valence electrons. The molecule has 3 aromatic rings. The van der Waals surface area contributed by atoms with E-state index in [0.29, 0.717) is 9.99 Å². The number of H-pyrrole nitrogens is 1. The number of pyridine rings is 1. The third kappa shape index (κ3) is 3.07. The molecule has 0 spiro atoms. The number of nitrogens with one attached hydrogen (secondary N) is 2. The van der Waals surface area contributed by atoms with Gasteiger partial charge in [-0.05, 0) is 59.2 Å². The van der Waals surface area contributed by atoms with Crippen molar-refractivity contribution in [3.05, 3.63) is 66.6 Å². The molecule has 0 atom stereocenters. The quantitative estimate of drug-likeness (QED) is 0.537. The first-order valence-corrected chi connectivity index (χ1v) is 8.18. The van der Waals surface area contributed by atoms with Crippen molar-refractivity contribution < 1.29 is 10.3 Å². The van der Waals surface area contributed by atoms with Crippen LogP contribution in [-0.2, 0) is 0 Å². The van der Waals surface area contributed by atoms with Gasteiger partial charge in [-0.25, -0.2) is 0 Å². The number of hydrogen-bond acceptors (Lipinski definition) is 3. The lowest BCUT2D eigenvalue weighted by molar-refractivity contribution is 0.101. The number of benzene rings is 2. The highest BCUT2D eigenvalue weighted by Gasteiger charge is 2.19. The molecule has 1 heterocycles. The summed E-state index contributed by atoms with van der Waals surface area (Å²) in [6, 6.07) is 1.37. The molecule has 24 heavy (non-hydrogen) atoms. The number of carbonyl (C=O) groups is 1. The summed E-state index contributed by atoms with van der Waals surface area (Å²) in [5.41, 5.74) is -0.789. The van der Waals surface area contributed by atoms with Gasteiger partial charge in [-0.2, -0.15) is 0 Å². The summed E-state index contributed by atoms with van der Waals surface area (Å²) in [4.78, 5) is 28.0. The molecule has 3 rings (SSSR count). The maximum atomic E-state index is 12.9. The summed E-state index contributed by atoms with van der Waals surface area (Å²) in [5.74, 6) is -0.637. The predicted molar refractivity (Wildman–Crippen MR) is 102 cm³/mol. The Balaban J connectivity index is 2.37. The Bertz CT molecular complexity index is 1200. The predicted octanol–water partition coefficient (Wildman–Crippen LogP) is 5.54. The van der Waals surface area contributed by atoms with E-state index < -0.39 is 35.4 Å². The number of ketones is 1. The zero-order valence-electron chi connectivity index (χ0n) is 16.1. The Labute approximate surface area is 161 Å². The van der Waals surface area contributed by atoms with E-state index in [-0.39, 0.29) is 32.5 Å². The van der Waals surface area contributed by atoms with Crippen molar-refractivity contribution in [3.63, 3.8) is 0 Å². The van der Waals surface area contributed by atoms with Crippen molar-refractivity contribution in [1.29, 1.82) is 0 Å².